The molecule has 1 saturated carbocycles. The number of rotatable bonds is 5. The fourth-order valence-corrected chi connectivity index (χ4v) is 3.67. The topological polar surface area (TPSA) is 32.3 Å². The Kier molecular flexibility index (Phi) is 4.30. The van der Waals surface area contributed by atoms with Gasteiger partial charge >= 0.3 is 0 Å². The second-order valence-corrected chi connectivity index (χ2v) is 7.11. The summed E-state index contributed by atoms with van der Waals surface area (Å²) in [5.41, 5.74) is 3.55. The Bertz CT molecular complexity index is 740. The maximum atomic E-state index is 12.7. The molecular formula is C20H21ClN2O. The maximum absolute atomic E-state index is 12.7. The van der Waals surface area contributed by atoms with Crippen molar-refractivity contribution in [1.82, 2.24) is 5.32 Å². The number of fused-ring (bicyclic) bond motifs is 1. The zero-order chi connectivity index (χ0) is 16.5. The molecule has 2 aromatic carbocycles. The van der Waals surface area contributed by atoms with Gasteiger partial charge in [0.15, 0.2) is 0 Å². The van der Waals surface area contributed by atoms with Gasteiger partial charge in [0, 0.05) is 23.3 Å². The van der Waals surface area contributed by atoms with Crippen LogP contribution in [0.1, 0.15) is 30.0 Å². The normalized spacial score (nSPS) is 17.6. The van der Waals surface area contributed by atoms with Crippen molar-refractivity contribution in [3.63, 3.8) is 0 Å². The van der Waals surface area contributed by atoms with Gasteiger partial charge in [-0.2, -0.15) is 0 Å². The zero-order valence-electron chi connectivity index (χ0n) is 13.5. The second kappa shape index (κ2) is 6.58. The number of anilines is 1. The number of hydrogen-bond acceptors (Lipinski definition) is 2. The van der Waals surface area contributed by atoms with Gasteiger partial charge in [-0.3, -0.25) is 4.79 Å². The van der Waals surface area contributed by atoms with Crippen molar-refractivity contribution < 1.29 is 4.79 Å². The predicted octanol–water partition coefficient (Wildman–Crippen LogP) is 3.97. The third kappa shape index (κ3) is 3.19. The summed E-state index contributed by atoms with van der Waals surface area (Å²) in [6.07, 6.45) is 3.40. The van der Waals surface area contributed by atoms with E-state index in [4.69, 9.17) is 11.6 Å². The lowest BCUT2D eigenvalue weighted by Gasteiger charge is -2.22. The van der Waals surface area contributed by atoms with Crippen LogP contribution in [0.15, 0.2) is 48.5 Å². The summed E-state index contributed by atoms with van der Waals surface area (Å²) in [7, 11) is 0. The lowest BCUT2D eigenvalue weighted by Crippen LogP contribution is -2.39. The van der Waals surface area contributed by atoms with Gasteiger partial charge in [-0.25, -0.2) is 0 Å². The fraction of sp³-hybridized carbons (Fsp3) is 0.350. The van der Waals surface area contributed by atoms with Crippen molar-refractivity contribution in [3.8, 4) is 0 Å². The number of carbonyl (C=O) groups is 1. The average Bonchev–Trinajstić information content (AvgIpc) is 3.34. The fourth-order valence-electron chi connectivity index (χ4n) is 3.55. The molecule has 24 heavy (non-hydrogen) atoms. The molecule has 124 valence electrons. The van der Waals surface area contributed by atoms with Crippen molar-refractivity contribution in [1.29, 1.82) is 0 Å². The third-order valence-electron chi connectivity index (χ3n) is 4.98. The summed E-state index contributed by atoms with van der Waals surface area (Å²) in [5, 5.41) is 4.24. The van der Waals surface area contributed by atoms with Crippen LogP contribution in [-0.4, -0.2) is 19.0 Å². The molecule has 0 radical (unpaired) electrons. The van der Waals surface area contributed by atoms with Crippen LogP contribution in [-0.2, 0) is 11.2 Å². The molecule has 1 fully saturated rings. The quantitative estimate of drug-likeness (QED) is 0.893. The third-order valence-corrected chi connectivity index (χ3v) is 5.24. The second-order valence-electron chi connectivity index (χ2n) is 6.67. The number of benzene rings is 2. The molecule has 0 spiro atoms. The van der Waals surface area contributed by atoms with Crippen LogP contribution in [0.25, 0.3) is 0 Å². The minimum atomic E-state index is 0.152. The SMILES string of the molecule is O=C(CN[C@@H](c1ccc(Cl)cc1)C1CC1)N1CCc2ccccc21. The van der Waals surface area contributed by atoms with E-state index in [-0.39, 0.29) is 11.9 Å². The minimum absolute atomic E-state index is 0.152. The lowest BCUT2D eigenvalue weighted by molar-refractivity contribution is -0.117. The van der Waals surface area contributed by atoms with Gasteiger partial charge in [0.25, 0.3) is 0 Å². The van der Waals surface area contributed by atoms with Gasteiger partial charge in [0.05, 0.1) is 6.54 Å². The van der Waals surface area contributed by atoms with E-state index >= 15 is 0 Å². The highest BCUT2D eigenvalue weighted by molar-refractivity contribution is 6.30. The average molecular weight is 341 g/mol. The summed E-state index contributed by atoms with van der Waals surface area (Å²) in [6, 6.07) is 16.4. The summed E-state index contributed by atoms with van der Waals surface area (Å²) in [6.45, 7) is 1.16. The maximum Gasteiger partial charge on any atom is 0.240 e. The molecule has 1 atom stereocenters. The molecule has 4 heteroatoms. The first kappa shape index (κ1) is 15.7. The highest BCUT2D eigenvalue weighted by Crippen LogP contribution is 2.41. The van der Waals surface area contributed by atoms with Gasteiger partial charge in [-0.1, -0.05) is 41.9 Å². The Morgan fingerprint density at radius 1 is 1.17 bits per heavy atom. The molecule has 2 aromatic rings. The summed E-state index contributed by atoms with van der Waals surface area (Å²) in [4.78, 5) is 14.6. The lowest BCUT2D eigenvalue weighted by atomic mass is 10.0. The van der Waals surface area contributed by atoms with Crippen molar-refractivity contribution >= 4 is 23.2 Å². The Morgan fingerprint density at radius 2 is 1.92 bits per heavy atom. The first-order valence-corrected chi connectivity index (χ1v) is 8.97. The van der Waals surface area contributed by atoms with Crippen LogP contribution in [0.5, 0.6) is 0 Å². The van der Waals surface area contributed by atoms with E-state index in [0.717, 1.165) is 23.7 Å². The molecule has 1 N–H and O–H groups in total. The van der Waals surface area contributed by atoms with E-state index in [0.29, 0.717) is 12.5 Å². The Morgan fingerprint density at radius 3 is 2.67 bits per heavy atom. The number of para-hydroxylation sites is 1. The van der Waals surface area contributed by atoms with E-state index in [9.17, 15) is 4.79 Å². The molecule has 0 saturated heterocycles. The van der Waals surface area contributed by atoms with Crippen LogP contribution in [0.4, 0.5) is 5.69 Å². The van der Waals surface area contributed by atoms with E-state index < -0.39 is 0 Å². The molecule has 0 aromatic heterocycles. The monoisotopic (exact) mass is 340 g/mol. The Labute approximate surface area is 147 Å². The largest absolute Gasteiger partial charge is 0.311 e. The smallest absolute Gasteiger partial charge is 0.240 e. The van der Waals surface area contributed by atoms with Gasteiger partial charge in [-0.05, 0) is 54.5 Å². The predicted molar refractivity (Wildman–Crippen MR) is 97.4 cm³/mol. The van der Waals surface area contributed by atoms with Crippen molar-refractivity contribution in [2.24, 2.45) is 5.92 Å². The molecule has 4 rings (SSSR count). The van der Waals surface area contributed by atoms with Crippen molar-refractivity contribution in [2.45, 2.75) is 25.3 Å². The molecule has 0 unspecified atom stereocenters. The Hall–Kier alpha value is -1.84. The van der Waals surface area contributed by atoms with E-state index in [1.807, 2.05) is 35.2 Å². The van der Waals surface area contributed by atoms with Crippen LogP contribution in [0.2, 0.25) is 5.02 Å². The zero-order valence-corrected chi connectivity index (χ0v) is 14.3. The molecule has 0 bridgehead atoms. The number of hydrogen-bond donors (Lipinski definition) is 1. The molecule has 2 aliphatic rings. The summed E-state index contributed by atoms with van der Waals surface area (Å²) >= 11 is 5.99. The molecular weight excluding hydrogens is 320 g/mol. The van der Waals surface area contributed by atoms with Gasteiger partial charge in [-0.15, -0.1) is 0 Å². The molecule has 1 aliphatic carbocycles. The van der Waals surface area contributed by atoms with Gasteiger partial charge < -0.3 is 10.2 Å². The first-order chi connectivity index (χ1) is 11.7. The van der Waals surface area contributed by atoms with Crippen molar-refractivity contribution in [3.05, 3.63) is 64.7 Å². The van der Waals surface area contributed by atoms with Crippen LogP contribution >= 0.6 is 11.6 Å². The van der Waals surface area contributed by atoms with Crippen LogP contribution < -0.4 is 10.2 Å². The first-order valence-electron chi connectivity index (χ1n) is 8.59. The summed E-state index contributed by atoms with van der Waals surface area (Å²) < 4.78 is 0. The number of nitrogens with one attached hydrogen (secondary N) is 1. The van der Waals surface area contributed by atoms with E-state index in [1.165, 1.54) is 24.0 Å². The summed E-state index contributed by atoms with van der Waals surface area (Å²) in [5.74, 6) is 0.782. The molecule has 1 aliphatic heterocycles. The minimum Gasteiger partial charge on any atom is -0.311 e. The number of carbonyl (C=O) groups excluding carboxylic acids is 1. The highest BCUT2D eigenvalue weighted by atomic mass is 35.5. The number of halogens is 1. The van der Waals surface area contributed by atoms with Gasteiger partial charge in [0.1, 0.15) is 0 Å². The van der Waals surface area contributed by atoms with Crippen LogP contribution in [0, 0.1) is 5.92 Å². The van der Waals surface area contributed by atoms with Crippen molar-refractivity contribution in [2.75, 3.05) is 18.0 Å². The van der Waals surface area contributed by atoms with E-state index in [1.54, 1.807) is 0 Å². The number of nitrogens with zero attached hydrogens (tertiary/aromatic N) is 1. The Balaban J connectivity index is 1.43. The molecule has 1 amide bonds. The highest BCUT2D eigenvalue weighted by Gasteiger charge is 2.33. The molecule has 3 nitrogen and oxygen atoms in total. The van der Waals surface area contributed by atoms with Gasteiger partial charge in [0.2, 0.25) is 5.91 Å². The van der Waals surface area contributed by atoms with E-state index in [2.05, 4.69) is 23.5 Å². The van der Waals surface area contributed by atoms with Crippen LogP contribution in [0.3, 0.4) is 0 Å². The number of amides is 1. The standard InChI is InChI=1S/C20H21ClN2O/c21-17-9-7-16(8-10-17)20(15-5-6-15)22-13-19(24)23-12-11-14-3-1-2-4-18(14)23/h1-4,7-10,15,20,22H,5-6,11-13H2/t20-/m1/s1. The molecule has 1 heterocycles.